The Labute approximate surface area is 192 Å². The van der Waals surface area contributed by atoms with Crippen LogP contribution in [0.4, 0.5) is 4.39 Å². The molecular weight excluding hydrogens is 417 g/mol. The van der Waals surface area contributed by atoms with Crippen LogP contribution in [0.5, 0.6) is 0 Å². The Kier molecular flexibility index (Phi) is 5.92. The molecule has 0 bridgehead atoms. The third-order valence-corrected chi connectivity index (χ3v) is 6.38. The minimum absolute atomic E-state index is 0.0390. The summed E-state index contributed by atoms with van der Waals surface area (Å²) in [6.45, 7) is 2.32. The molecule has 1 aliphatic heterocycles. The Balaban J connectivity index is 1.58. The van der Waals surface area contributed by atoms with Crippen LogP contribution < -0.4 is 0 Å². The zero-order valence-electron chi connectivity index (χ0n) is 18.6. The lowest BCUT2D eigenvalue weighted by Gasteiger charge is -2.37. The molecule has 0 saturated carbocycles. The van der Waals surface area contributed by atoms with Crippen LogP contribution in [-0.2, 0) is 6.54 Å². The first kappa shape index (κ1) is 21.3. The first-order valence-electron chi connectivity index (χ1n) is 11.3. The molecule has 4 aromatic rings. The maximum absolute atomic E-state index is 14.1. The molecule has 1 saturated heterocycles. The highest BCUT2D eigenvalue weighted by Gasteiger charge is 2.30. The van der Waals surface area contributed by atoms with Gasteiger partial charge in [0.15, 0.2) is 0 Å². The van der Waals surface area contributed by atoms with Gasteiger partial charge >= 0.3 is 0 Å². The van der Waals surface area contributed by atoms with E-state index in [0.717, 1.165) is 48.2 Å². The van der Waals surface area contributed by atoms with Crippen LogP contribution in [0.2, 0.25) is 0 Å². The molecule has 5 rings (SSSR count). The molecule has 1 aliphatic rings. The van der Waals surface area contributed by atoms with E-state index in [1.54, 1.807) is 18.4 Å². The lowest BCUT2D eigenvalue weighted by atomic mass is 9.99. The second kappa shape index (κ2) is 9.16. The molecule has 0 aliphatic carbocycles. The summed E-state index contributed by atoms with van der Waals surface area (Å²) in [6, 6.07) is 19.6. The molecule has 0 atom stereocenters. The van der Waals surface area contributed by atoms with Crippen molar-refractivity contribution in [2.75, 3.05) is 20.1 Å². The first-order chi connectivity index (χ1) is 16.1. The number of para-hydroxylation sites is 1. The molecule has 0 N–H and O–H groups in total. The maximum Gasteiger partial charge on any atom is 0.255 e. The number of hydrogen-bond acceptors (Lipinski definition) is 4. The third-order valence-electron chi connectivity index (χ3n) is 6.38. The molecule has 0 spiro atoms. The summed E-state index contributed by atoms with van der Waals surface area (Å²) in [4.78, 5) is 23.1. The molecule has 168 valence electrons. The van der Waals surface area contributed by atoms with Crippen LogP contribution in [0.1, 0.15) is 29.0 Å². The number of nitrogens with zero attached hydrogens (tertiary/aromatic N) is 3. The number of hydrogen-bond donors (Lipinski definition) is 0. The van der Waals surface area contributed by atoms with Crippen LogP contribution in [0, 0.1) is 5.82 Å². The molecule has 6 heteroatoms. The third kappa shape index (κ3) is 4.52. The van der Waals surface area contributed by atoms with Crippen LogP contribution in [-0.4, -0.2) is 46.9 Å². The van der Waals surface area contributed by atoms with Gasteiger partial charge in [0.25, 0.3) is 5.91 Å². The van der Waals surface area contributed by atoms with Gasteiger partial charge in [0.2, 0.25) is 0 Å². The molecule has 2 aromatic heterocycles. The average molecular weight is 444 g/mol. The molecule has 2 aromatic carbocycles. The summed E-state index contributed by atoms with van der Waals surface area (Å²) in [5.41, 5.74) is 2.76. The number of rotatable bonds is 5. The molecule has 0 unspecified atom stereocenters. The Morgan fingerprint density at radius 1 is 1.09 bits per heavy atom. The highest BCUT2D eigenvalue weighted by molar-refractivity contribution is 6.07. The van der Waals surface area contributed by atoms with E-state index in [9.17, 15) is 9.18 Å². The number of piperidine rings is 1. The van der Waals surface area contributed by atoms with E-state index >= 15 is 0 Å². The van der Waals surface area contributed by atoms with Gasteiger partial charge in [-0.2, -0.15) is 0 Å². The van der Waals surface area contributed by atoms with E-state index in [-0.39, 0.29) is 17.8 Å². The second-order valence-corrected chi connectivity index (χ2v) is 8.63. The van der Waals surface area contributed by atoms with Crippen molar-refractivity contribution >= 4 is 16.8 Å². The van der Waals surface area contributed by atoms with Crippen molar-refractivity contribution in [2.45, 2.75) is 25.4 Å². The zero-order valence-corrected chi connectivity index (χ0v) is 18.6. The number of furan rings is 1. The summed E-state index contributed by atoms with van der Waals surface area (Å²) in [5.74, 6) is 0.421. The normalized spacial score (nSPS) is 15.1. The molecule has 5 nitrogen and oxygen atoms in total. The van der Waals surface area contributed by atoms with Gasteiger partial charge in [-0.1, -0.05) is 18.2 Å². The molecular formula is C27H26FN3O2. The quantitative estimate of drug-likeness (QED) is 0.416. The smallest absolute Gasteiger partial charge is 0.255 e. The highest BCUT2D eigenvalue weighted by atomic mass is 19.1. The van der Waals surface area contributed by atoms with Gasteiger partial charge in [-0.25, -0.2) is 9.37 Å². The first-order valence-corrected chi connectivity index (χ1v) is 11.3. The maximum atomic E-state index is 14.1. The van der Waals surface area contributed by atoms with E-state index in [1.165, 1.54) is 12.1 Å². The predicted octanol–water partition coefficient (Wildman–Crippen LogP) is 5.37. The summed E-state index contributed by atoms with van der Waals surface area (Å²) in [6.07, 6.45) is 3.47. The van der Waals surface area contributed by atoms with Gasteiger partial charge in [0, 0.05) is 17.0 Å². The Bertz CT molecular complexity index is 1250. The Morgan fingerprint density at radius 3 is 2.58 bits per heavy atom. The largest absolute Gasteiger partial charge is 0.467 e. The van der Waals surface area contributed by atoms with Gasteiger partial charge < -0.3 is 14.2 Å². The van der Waals surface area contributed by atoms with Crippen molar-refractivity contribution in [3.8, 4) is 11.3 Å². The van der Waals surface area contributed by atoms with E-state index in [2.05, 4.69) is 11.9 Å². The van der Waals surface area contributed by atoms with Crippen molar-refractivity contribution < 1.29 is 13.6 Å². The number of halogens is 1. The highest BCUT2D eigenvalue weighted by Crippen LogP contribution is 2.28. The van der Waals surface area contributed by atoms with Crippen LogP contribution in [0.3, 0.4) is 0 Å². The Hall–Kier alpha value is -3.51. The van der Waals surface area contributed by atoms with Crippen molar-refractivity contribution in [3.63, 3.8) is 0 Å². The van der Waals surface area contributed by atoms with Crippen molar-refractivity contribution in [1.82, 2.24) is 14.8 Å². The number of carbonyl (C=O) groups excluding carboxylic acids is 1. The zero-order chi connectivity index (χ0) is 22.8. The van der Waals surface area contributed by atoms with Gasteiger partial charge in [-0.05, 0) is 81.5 Å². The lowest BCUT2D eigenvalue weighted by Crippen LogP contribution is -2.46. The predicted molar refractivity (Wildman–Crippen MR) is 126 cm³/mol. The number of amides is 1. The number of benzene rings is 2. The monoisotopic (exact) mass is 443 g/mol. The van der Waals surface area contributed by atoms with Gasteiger partial charge in [-0.3, -0.25) is 4.79 Å². The van der Waals surface area contributed by atoms with Gasteiger partial charge in [-0.15, -0.1) is 0 Å². The summed E-state index contributed by atoms with van der Waals surface area (Å²) in [5, 5.41) is 0.811. The summed E-state index contributed by atoms with van der Waals surface area (Å²) in [7, 11) is 2.11. The van der Waals surface area contributed by atoms with Crippen LogP contribution in [0.15, 0.2) is 77.4 Å². The molecule has 3 heterocycles. The molecule has 33 heavy (non-hydrogen) atoms. The molecule has 1 amide bonds. The van der Waals surface area contributed by atoms with E-state index in [1.807, 2.05) is 47.4 Å². The van der Waals surface area contributed by atoms with Gasteiger partial charge in [0.05, 0.1) is 29.6 Å². The summed E-state index contributed by atoms with van der Waals surface area (Å²) < 4.78 is 19.1. The fourth-order valence-corrected chi connectivity index (χ4v) is 4.52. The average Bonchev–Trinajstić information content (AvgIpc) is 3.36. The second-order valence-electron chi connectivity index (χ2n) is 8.63. The lowest BCUT2D eigenvalue weighted by molar-refractivity contribution is 0.0552. The number of fused-ring (bicyclic) bond motifs is 1. The molecule has 1 fully saturated rings. The fourth-order valence-electron chi connectivity index (χ4n) is 4.52. The number of likely N-dealkylation sites (tertiary alicyclic amines) is 1. The minimum atomic E-state index is -0.303. The van der Waals surface area contributed by atoms with E-state index < -0.39 is 0 Å². The van der Waals surface area contributed by atoms with Crippen LogP contribution in [0.25, 0.3) is 22.2 Å². The van der Waals surface area contributed by atoms with Crippen LogP contribution >= 0.6 is 0 Å². The topological polar surface area (TPSA) is 49.6 Å². The summed E-state index contributed by atoms with van der Waals surface area (Å²) >= 11 is 0. The van der Waals surface area contributed by atoms with Gasteiger partial charge in [0.1, 0.15) is 11.6 Å². The standard InChI is InChI=1S/C27H26FN3O2/c1-30-14-12-21(13-15-30)31(18-22-5-4-16-33-22)27(32)24-17-26(19-8-10-20(28)11-9-19)29-25-7-3-2-6-23(24)25/h2-11,16-17,21H,12-15,18H2,1H3. The number of aromatic nitrogens is 1. The molecule has 0 radical (unpaired) electrons. The SMILES string of the molecule is CN1CCC(N(Cc2ccco2)C(=O)c2cc(-c3ccc(F)cc3)nc3ccccc23)CC1. The van der Waals surface area contributed by atoms with Crippen molar-refractivity contribution in [2.24, 2.45) is 0 Å². The minimum Gasteiger partial charge on any atom is -0.467 e. The van der Waals surface area contributed by atoms with Crippen molar-refractivity contribution in [1.29, 1.82) is 0 Å². The number of carbonyl (C=O) groups is 1. The fraction of sp³-hybridized carbons (Fsp3) is 0.259. The Morgan fingerprint density at radius 2 is 1.85 bits per heavy atom. The van der Waals surface area contributed by atoms with E-state index in [0.29, 0.717) is 17.8 Å². The van der Waals surface area contributed by atoms with E-state index in [4.69, 9.17) is 9.40 Å². The number of pyridine rings is 1. The van der Waals surface area contributed by atoms with Crippen molar-refractivity contribution in [3.05, 3.63) is 90.1 Å².